The van der Waals surface area contributed by atoms with Crippen LogP contribution in [0, 0.1) is 13.8 Å². The first-order chi connectivity index (χ1) is 6.77. The Labute approximate surface area is 88.0 Å². The second-order valence-corrected chi connectivity index (χ2v) is 3.17. The number of carboxylic acid groups (broad SMARTS) is 2. The predicted octanol–water partition coefficient (Wildman–Crippen LogP) is 1.43. The largest absolute Gasteiger partial charge is 0.481 e. The topological polar surface area (TPSA) is 79.5 Å². The van der Waals surface area contributed by atoms with Gasteiger partial charge in [0.1, 0.15) is 0 Å². The van der Waals surface area contributed by atoms with Crippen LogP contribution in [0.25, 0.3) is 0 Å². The molecule has 1 rings (SSSR count). The number of carboxylic acids is 2. The number of aliphatic carboxylic acids is 1. The normalized spacial score (nSPS) is 9.07. The van der Waals surface area contributed by atoms with Crippen LogP contribution in [0.2, 0.25) is 0 Å². The van der Waals surface area contributed by atoms with Crippen molar-refractivity contribution in [2.24, 2.45) is 7.05 Å². The lowest BCUT2D eigenvalue weighted by Gasteiger charge is -1.98. The Morgan fingerprint density at radius 2 is 1.67 bits per heavy atom. The molecule has 84 valence electrons. The summed E-state index contributed by atoms with van der Waals surface area (Å²) >= 11 is 0. The molecule has 5 nitrogen and oxygen atoms in total. The van der Waals surface area contributed by atoms with Crippen LogP contribution in [0.15, 0.2) is 6.07 Å². The first-order valence-corrected chi connectivity index (χ1v) is 4.33. The Morgan fingerprint density at radius 1 is 1.27 bits per heavy atom. The molecule has 5 heteroatoms. The van der Waals surface area contributed by atoms with Gasteiger partial charge in [0.15, 0.2) is 0 Å². The Balaban J connectivity index is 0.000000423. The van der Waals surface area contributed by atoms with Crippen molar-refractivity contribution in [3.8, 4) is 0 Å². The fraction of sp³-hybridized carbons (Fsp3) is 0.400. The van der Waals surface area contributed by atoms with Crippen LogP contribution in [-0.2, 0) is 11.8 Å². The summed E-state index contributed by atoms with van der Waals surface area (Å²) in [7, 11) is 1.86. The van der Waals surface area contributed by atoms with Gasteiger partial charge in [0, 0.05) is 25.4 Å². The molecule has 15 heavy (non-hydrogen) atoms. The van der Waals surface area contributed by atoms with E-state index in [-0.39, 0.29) is 0 Å². The lowest BCUT2D eigenvalue weighted by atomic mass is 10.2. The van der Waals surface area contributed by atoms with Gasteiger partial charge in [0.2, 0.25) is 0 Å². The average Bonchev–Trinajstić information content (AvgIpc) is 2.32. The standard InChI is InChI=1S/C8H11NO2.C2H4O2/c1-5-4-7(8(10)11)6(2)9(5)3;1-2(3)4/h4H,1-3H3,(H,10,11);1H3,(H,3,4). The van der Waals surface area contributed by atoms with E-state index in [1.54, 1.807) is 13.0 Å². The van der Waals surface area contributed by atoms with Crippen LogP contribution in [0.5, 0.6) is 0 Å². The van der Waals surface area contributed by atoms with Gasteiger partial charge in [-0.25, -0.2) is 4.79 Å². The highest BCUT2D eigenvalue weighted by atomic mass is 16.4. The van der Waals surface area contributed by atoms with E-state index in [0.29, 0.717) is 5.56 Å². The van der Waals surface area contributed by atoms with Crippen LogP contribution in [0.3, 0.4) is 0 Å². The van der Waals surface area contributed by atoms with E-state index >= 15 is 0 Å². The van der Waals surface area contributed by atoms with Crippen LogP contribution in [-0.4, -0.2) is 26.7 Å². The summed E-state index contributed by atoms with van der Waals surface area (Å²) in [4.78, 5) is 19.6. The molecule has 0 atom stereocenters. The third kappa shape index (κ3) is 3.84. The number of aromatic nitrogens is 1. The smallest absolute Gasteiger partial charge is 0.337 e. The van der Waals surface area contributed by atoms with Gasteiger partial charge in [0.25, 0.3) is 5.97 Å². The number of rotatable bonds is 1. The predicted molar refractivity (Wildman–Crippen MR) is 55.2 cm³/mol. The second kappa shape index (κ2) is 5.19. The number of hydrogen-bond acceptors (Lipinski definition) is 2. The van der Waals surface area contributed by atoms with Crippen molar-refractivity contribution in [2.45, 2.75) is 20.8 Å². The highest BCUT2D eigenvalue weighted by molar-refractivity contribution is 5.89. The Kier molecular flexibility index (Phi) is 4.57. The molecule has 1 heterocycles. The summed E-state index contributed by atoms with van der Waals surface area (Å²) in [5, 5.41) is 16.1. The number of aromatic carboxylic acids is 1. The Hall–Kier alpha value is -1.78. The molecule has 0 bridgehead atoms. The fourth-order valence-corrected chi connectivity index (χ4v) is 1.07. The molecule has 0 aliphatic heterocycles. The molecule has 0 aliphatic carbocycles. The Morgan fingerprint density at radius 3 is 1.80 bits per heavy atom. The summed E-state index contributed by atoms with van der Waals surface area (Å²) in [6.45, 7) is 4.77. The van der Waals surface area contributed by atoms with Crippen molar-refractivity contribution in [1.29, 1.82) is 0 Å². The maximum Gasteiger partial charge on any atom is 0.337 e. The molecular formula is C10H15NO4. The van der Waals surface area contributed by atoms with E-state index in [2.05, 4.69) is 0 Å². The molecular weight excluding hydrogens is 198 g/mol. The summed E-state index contributed by atoms with van der Waals surface area (Å²) < 4.78 is 1.86. The van der Waals surface area contributed by atoms with Crippen molar-refractivity contribution in [2.75, 3.05) is 0 Å². The Bertz CT molecular complexity index is 375. The van der Waals surface area contributed by atoms with E-state index in [0.717, 1.165) is 18.3 Å². The van der Waals surface area contributed by atoms with E-state index in [1.807, 2.05) is 18.5 Å². The summed E-state index contributed by atoms with van der Waals surface area (Å²) in [6.07, 6.45) is 0. The summed E-state index contributed by atoms with van der Waals surface area (Å²) in [6, 6.07) is 1.68. The molecule has 0 fully saturated rings. The lowest BCUT2D eigenvalue weighted by Crippen LogP contribution is -1.99. The maximum absolute atomic E-state index is 10.6. The second-order valence-electron chi connectivity index (χ2n) is 3.17. The quantitative estimate of drug-likeness (QED) is 0.739. The third-order valence-electron chi connectivity index (χ3n) is 2.01. The van der Waals surface area contributed by atoms with Gasteiger partial charge in [-0.05, 0) is 19.9 Å². The first-order valence-electron chi connectivity index (χ1n) is 4.33. The van der Waals surface area contributed by atoms with Gasteiger partial charge in [-0.15, -0.1) is 0 Å². The van der Waals surface area contributed by atoms with Gasteiger partial charge in [-0.3, -0.25) is 4.79 Å². The lowest BCUT2D eigenvalue weighted by molar-refractivity contribution is -0.134. The molecule has 0 amide bonds. The summed E-state index contributed by atoms with van der Waals surface area (Å²) in [5.41, 5.74) is 2.17. The molecule has 0 saturated carbocycles. The van der Waals surface area contributed by atoms with Crippen LogP contribution in [0.1, 0.15) is 28.7 Å². The van der Waals surface area contributed by atoms with E-state index in [4.69, 9.17) is 15.0 Å². The van der Waals surface area contributed by atoms with Crippen molar-refractivity contribution >= 4 is 11.9 Å². The molecule has 1 aromatic heterocycles. The molecule has 0 aliphatic rings. The number of aryl methyl sites for hydroxylation is 1. The van der Waals surface area contributed by atoms with Gasteiger partial charge in [-0.2, -0.15) is 0 Å². The van der Waals surface area contributed by atoms with Crippen molar-refractivity contribution < 1.29 is 19.8 Å². The van der Waals surface area contributed by atoms with Crippen LogP contribution < -0.4 is 0 Å². The molecule has 0 unspecified atom stereocenters. The number of carbonyl (C=O) groups is 2. The molecule has 0 saturated heterocycles. The van der Waals surface area contributed by atoms with Gasteiger partial charge in [0.05, 0.1) is 5.56 Å². The minimum absolute atomic E-state index is 0.394. The van der Waals surface area contributed by atoms with Crippen LogP contribution >= 0.6 is 0 Å². The molecule has 1 aromatic rings. The zero-order valence-electron chi connectivity index (χ0n) is 9.24. The first kappa shape index (κ1) is 13.2. The van der Waals surface area contributed by atoms with Crippen molar-refractivity contribution in [3.05, 3.63) is 23.0 Å². The van der Waals surface area contributed by atoms with E-state index in [9.17, 15) is 4.79 Å². The summed E-state index contributed by atoms with van der Waals surface area (Å²) in [5.74, 6) is -1.69. The highest BCUT2D eigenvalue weighted by Gasteiger charge is 2.11. The SMILES string of the molecule is CC(=O)O.Cc1cc(C(=O)O)c(C)n1C. The van der Waals surface area contributed by atoms with Gasteiger partial charge >= 0.3 is 5.97 Å². The number of nitrogens with zero attached hydrogens (tertiary/aromatic N) is 1. The zero-order valence-corrected chi connectivity index (χ0v) is 9.24. The average molecular weight is 213 g/mol. The monoisotopic (exact) mass is 213 g/mol. The third-order valence-corrected chi connectivity index (χ3v) is 2.01. The fourth-order valence-electron chi connectivity index (χ4n) is 1.07. The molecule has 0 radical (unpaired) electrons. The van der Waals surface area contributed by atoms with E-state index in [1.165, 1.54) is 0 Å². The minimum atomic E-state index is -0.855. The molecule has 2 N–H and O–H groups in total. The molecule has 0 aromatic carbocycles. The maximum atomic E-state index is 10.6. The zero-order chi connectivity index (χ0) is 12.2. The highest BCUT2D eigenvalue weighted by Crippen LogP contribution is 2.12. The number of hydrogen-bond donors (Lipinski definition) is 2. The van der Waals surface area contributed by atoms with Crippen molar-refractivity contribution in [3.63, 3.8) is 0 Å². The van der Waals surface area contributed by atoms with Gasteiger partial charge < -0.3 is 14.8 Å². The van der Waals surface area contributed by atoms with E-state index < -0.39 is 11.9 Å². The molecule has 0 spiro atoms. The minimum Gasteiger partial charge on any atom is -0.481 e. The van der Waals surface area contributed by atoms with Gasteiger partial charge in [-0.1, -0.05) is 0 Å². The van der Waals surface area contributed by atoms with Crippen molar-refractivity contribution in [1.82, 2.24) is 4.57 Å². The van der Waals surface area contributed by atoms with Crippen LogP contribution in [0.4, 0.5) is 0 Å².